The molecule has 0 bridgehead atoms. The number of hydrogen-bond donors (Lipinski definition) is 2. The standard InChI is InChI=1S/C8H18N2O2/c1-6(2)12-5-4-10-8(11)7(3)9/h6-7H,4-5,9H2,1-3H3,(H,10,11). The summed E-state index contributed by atoms with van der Waals surface area (Å²) >= 11 is 0. The zero-order chi connectivity index (χ0) is 9.56. The highest BCUT2D eigenvalue weighted by Crippen LogP contribution is 1.85. The summed E-state index contributed by atoms with van der Waals surface area (Å²) in [6.07, 6.45) is 0.206. The average Bonchev–Trinajstić information content (AvgIpc) is 1.97. The molecule has 0 rings (SSSR count). The number of rotatable bonds is 5. The molecule has 3 N–H and O–H groups in total. The normalized spacial score (nSPS) is 13.1. The Morgan fingerprint density at radius 3 is 2.50 bits per heavy atom. The minimum atomic E-state index is -0.441. The molecule has 0 saturated heterocycles. The first-order valence-corrected chi connectivity index (χ1v) is 4.19. The lowest BCUT2D eigenvalue weighted by Gasteiger charge is -2.09. The van der Waals surface area contributed by atoms with Crippen molar-refractivity contribution < 1.29 is 9.53 Å². The Hall–Kier alpha value is -0.610. The summed E-state index contributed by atoms with van der Waals surface area (Å²) in [4.78, 5) is 10.9. The van der Waals surface area contributed by atoms with E-state index in [1.165, 1.54) is 0 Å². The highest BCUT2D eigenvalue weighted by Gasteiger charge is 2.04. The Bertz CT molecular complexity index is 135. The van der Waals surface area contributed by atoms with Gasteiger partial charge in [-0.15, -0.1) is 0 Å². The van der Waals surface area contributed by atoms with Crippen LogP contribution >= 0.6 is 0 Å². The van der Waals surface area contributed by atoms with Crippen LogP contribution in [-0.2, 0) is 9.53 Å². The van der Waals surface area contributed by atoms with Crippen LogP contribution in [0.3, 0.4) is 0 Å². The fourth-order valence-electron chi connectivity index (χ4n) is 0.630. The van der Waals surface area contributed by atoms with Gasteiger partial charge in [0.1, 0.15) is 0 Å². The van der Waals surface area contributed by atoms with Gasteiger partial charge in [-0.05, 0) is 20.8 Å². The molecule has 0 aliphatic heterocycles. The zero-order valence-corrected chi connectivity index (χ0v) is 7.96. The van der Waals surface area contributed by atoms with Crippen molar-refractivity contribution in [2.45, 2.75) is 32.9 Å². The fraction of sp³-hybridized carbons (Fsp3) is 0.875. The van der Waals surface area contributed by atoms with E-state index in [9.17, 15) is 4.79 Å². The van der Waals surface area contributed by atoms with Gasteiger partial charge in [-0.2, -0.15) is 0 Å². The summed E-state index contributed by atoms with van der Waals surface area (Å²) < 4.78 is 5.22. The first-order valence-electron chi connectivity index (χ1n) is 4.19. The van der Waals surface area contributed by atoms with Crippen molar-refractivity contribution in [2.24, 2.45) is 5.73 Å². The van der Waals surface area contributed by atoms with E-state index in [0.717, 1.165) is 0 Å². The van der Waals surface area contributed by atoms with E-state index < -0.39 is 6.04 Å². The summed E-state index contributed by atoms with van der Waals surface area (Å²) in [7, 11) is 0. The molecule has 0 aromatic heterocycles. The minimum Gasteiger partial charge on any atom is -0.377 e. The van der Waals surface area contributed by atoms with Crippen LogP contribution in [0.5, 0.6) is 0 Å². The van der Waals surface area contributed by atoms with E-state index in [0.29, 0.717) is 13.2 Å². The largest absolute Gasteiger partial charge is 0.377 e. The first-order chi connectivity index (χ1) is 5.54. The smallest absolute Gasteiger partial charge is 0.236 e. The van der Waals surface area contributed by atoms with Crippen LogP contribution in [0, 0.1) is 0 Å². The van der Waals surface area contributed by atoms with Crippen LogP contribution < -0.4 is 11.1 Å². The minimum absolute atomic E-state index is 0.137. The molecule has 0 heterocycles. The molecule has 1 atom stereocenters. The van der Waals surface area contributed by atoms with Crippen molar-refractivity contribution in [1.82, 2.24) is 5.32 Å². The van der Waals surface area contributed by atoms with Gasteiger partial charge in [0.05, 0.1) is 18.8 Å². The predicted molar refractivity (Wildman–Crippen MR) is 47.7 cm³/mol. The van der Waals surface area contributed by atoms with E-state index in [-0.39, 0.29) is 12.0 Å². The Balaban J connectivity index is 3.26. The van der Waals surface area contributed by atoms with Gasteiger partial charge in [-0.25, -0.2) is 0 Å². The van der Waals surface area contributed by atoms with Gasteiger partial charge in [0.15, 0.2) is 0 Å². The fourth-order valence-corrected chi connectivity index (χ4v) is 0.630. The number of ether oxygens (including phenoxy) is 1. The number of carbonyl (C=O) groups excluding carboxylic acids is 1. The third-order valence-corrected chi connectivity index (χ3v) is 1.27. The summed E-state index contributed by atoms with van der Waals surface area (Å²) in [5, 5.41) is 2.65. The molecule has 1 amide bonds. The first kappa shape index (κ1) is 11.4. The Kier molecular flexibility index (Phi) is 5.66. The Morgan fingerprint density at radius 2 is 2.08 bits per heavy atom. The van der Waals surface area contributed by atoms with Crippen LogP contribution in [0.2, 0.25) is 0 Å². The summed E-state index contributed by atoms with van der Waals surface area (Å²) in [6.45, 7) is 6.62. The lowest BCUT2D eigenvalue weighted by atomic mass is 10.3. The van der Waals surface area contributed by atoms with E-state index in [2.05, 4.69) is 5.32 Å². The number of carbonyl (C=O) groups is 1. The Labute approximate surface area is 73.5 Å². The number of amides is 1. The molecular formula is C8H18N2O2. The van der Waals surface area contributed by atoms with Gasteiger partial charge in [-0.1, -0.05) is 0 Å². The topological polar surface area (TPSA) is 64.3 Å². The highest BCUT2D eigenvalue weighted by molar-refractivity contribution is 5.80. The van der Waals surface area contributed by atoms with E-state index in [1.54, 1.807) is 6.92 Å². The molecule has 12 heavy (non-hydrogen) atoms. The van der Waals surface area contributed by atoms with Gasteiger partial charge in [0.25, 0.3) is 0 Å². The predicted octanol–water partition coefficient (Wildman–Crippen LogP) is -0.125. The molecule has 0 aliphatic rings. The van der Waals surface area contributed by atoms with Crippen molar-refractivity contribution in [3.8, 4) is 0 Å². The van der Waals surface area contributed by atoms with Gasteiger partial charge in [0, 0.05) is 6.54 Å². The molecule has 72 valence electrons. The lowest BCUT2D eigenvalue weighted by Crippen LogP contribution is -2.39. The average molecular weight is 174 g/mol. The van der Waals surface area contributed by atoms with Crippen LogP contribution in [0.25, 0.3) is 0 Å². The molecule has 0 aliphatic carbocycles. The van der Waals surface area contributed by atoms with Gasteiger partial charge in [0.2, 0.25) is 5.91 Å². The molecule has 0 fully saturated rings. The van der Waals surface area contributed by atoms with Crippen molar-refractivity contribution in [3.05, 3.63) is 0 Å². The Morgan fingerprint density at radius 1 is 1.50 bits per heavy atom. The number of nitrogens with two attached hydrogens (primary N) is 1. The molecule has 4 heteroatoms. The third-order valence-electron chi connectivity index (χ3n) is 1.27. The quantitative estimate of drug-likeness (QED) is 0.571. The molecule has 0 aromatic rings. The third kappa shape index (κ3) is 6.12. The molecule has 1 unspecified atom stereocenters. The molecular weight excluding hydrogens is 156 g/mol. The maximum atomic E-state index is 10.9. The highest BCUT2D eigenvalue weighted by atomic mass is 16.5. The second-order valence-electron chi connectivity index (χ2n) is 3.00. The summed E-state index contributed by atoms with van der Waals surface area (Å²) in [5.74, 6) is -0.137. The van der Waals surface area contributed by atoms with Gasteiger partial charge < -0.3 is 15.8 Å². The van der Waals surface area contributed by atoms with Gasteiger partial charge >= 0.3 is 0 Å². The van der Waals surface area contributed by atoms with Crippen LogP contribution in [-0.4, -0.2) is 31.2 Å². The van der Waals surface area contributed by atoms with Crippen molar-refractivity contribution in [1.29, 1.82) is 0 Å². The van der Waals surface area contributed by atoms with Crippen LogP contribution in [0.4, 0.5) is 0 Å². The molecule has 0 spiro atoms. The molecule has 4 nitrogen and oxygen atoms in total. The summed E-state index contributed by atoms with van der Waals surface area (Å²) in [6, 6.07) is -0.441. The maximum Gasteiger partial charge on any atom is 0.236 e. The number of nitrogens with one attached hydrogen (secondary N) is 1. The molecule has 0 radical (unpaired) electrons. The zero-order valence-electron chi connectivity index (χ0n) is 7.96. The van der Waals surface area contributed by atoms with Crippen molar-refractivity contribution >= 4 is 5.91 Å². The van der Waals surface area contributed by atoms with Gasteiger partial charge in [-0.3, -0.25) is 4.79 Å². The monoisotopic (exact) mass is 174 g/mol. The second-order valence-corrected chi connectivity index (χ2v) is 3.00. The SMILES string of the molecule is CC(C)OCCNC(=O)C(C)N. The van der Waals surface area contributed by atoms with E-state index in [1.807, 2.05) is 13.8 Å². The summed E-state index contributed by atoms with van der Waals surface area (Å²) in [5.41, 5.74) is 5.33. The van der Waals surface area contributed by atoms with Crippen LogP contribution in [0.1, 0.15) is 20.8 Å². The lowest BCUT2D eigenvalue weighted by molar-refractivity contribution is -0.122. The molecule has 0 saturated carbocycles. The van der Waals surface area contributed by atoms with E-state index in [4.69, 9.17) is 10.5 Å². The van der Waals surface area contributed by atoms with Crippen molar-refractivity contribution in [2.75, 3.05) is 13.2 Å². The molecule has 0 aromatic carbocycles. The second kappa shape index (κ2) is 5.97. The van der Waals surface area contributed by atoms with Crippen molar-refractivity contribution in [3.63, 3.8) is 0 Å². The van der Waals surface area contributed by atoms with E-state index >= 15 is 0 Å². The van der Waals surface area contributed by atoms with Crippen LogP contribution in [0.15, 0.2) is 0 Å². The maximum absolute atomic E-state index is 10.9. The number of hydrogen-bond acceptors (Lipinski definition) is 3.